The summed E-state index contributed by atoms with van der Waals surface area (Å²) in [6, 6.07) is 12.8. The third-order valence-electron chi connectivity index (χ3n) is 3.37. The number of hydrogen-bond donors (Lipinski definition) is 1. The number of ether oxygens (including phenoxy) is 1. The maximum atomic E-state index is 12.5. The van der Waals surface area contributed by atoms with E-state index in [0.717, 1.165) is 12.1 Å². The Balaban J connectivity index is 1.80. The number of hydroxylamine groups is 1. The molecular formula is C16H12F3NO4S. The molecule has 0 saturated heterocycles. The maximum Gasteiger partial charge on any atom is 0.573 e. The van der Waals surface area contributed by atoms with E-state index in [0.29, 0.717) is 5.56 Å². The summed E-state index contributed by atoms with van der Waals surface area (Å²) in [5.41, 5.74) is 2.83. The molecule has 0 bridgehead atoms. The Hall–Kier alpha value is -2.52. The van der Waals surface area contributed by atoms with Crippen molar-refractivity contribution >= 4 is 9.84 Å². The van der Waals surface area contributed by atoms with E-state index >= 15 is 0 Å². The van der Waals surface area contributed by atoms with Gasteiger partial charge in [0.25, 0.3) is 0 Å². The summed E-state index contributed by atoms with van der Waals surface area (Å²) in [7, 11) is -3.76. The first kappa shape index (κ1) is 17.3. The third-order valence-corrected chi connectivity index (χ3v) is 5.07. The molecule has 0 aromatic heterocycles. The Morgan fingerprint density at radius 3 is 2.24 bits per heavy atom. The van der Waals surface area contributed by atoms with Gasteiger partial charge >= 0.3 is 6.36 Å². The van der Waals surface area contributed by atoms with E-state index in [9.17, 15) is 21.6 Å². The molecule has 9 heteroatoms. The lowest BCUT2D eigenvalue weighted by Crippen LogP contribution is -2.17. The van der Waals surface area contributed by atoms with Gasteiger partial charge in [-0.3, -0.25) is 10.3 Å². The predicted octanol–water partition coefficient (Wildman–Crippen LogP) is 3.48. The molecule has 1 aliphatic heterocycles. The largest absolute Gasteiger partial charge is 0.573 e. The Bertz CT molecular complexity index is 878. The van der Waals surface area contributed by atoms with Crippen LogP contribution in [0.15, 0.2) is 70.6 Å². The molecule has 1 heterocycles. The van der Waals surface area contributed by atoms with Gasteiger partial charge in [-0.05, 0) is 35.9 Å². The van der Waals surface area contributed by atoms with Crippen LogP contribution in [0, 0.1) is 0 Å². The third kappa shape index (κ3) is 3.94. The number of hydrogen-bond acceptors (Lipinski definition) is 5. The minimum absolute atomic E-state index is 0.104. The van der Waals surface area contributed by atoms with Gasteiger partial charge in [-0.15, -0.1) is 13.2 Å². The second kappa shape index (κ2) is 6.41. The molecule has 1 aliphatic rings. The lowest BCUT2D eigenvalue weighted by molar-refractivity contribution is -0.274. The molecule has 1 atom stereocenters. The molecule has 0 spiro atoms. The number of halogens is 3. The molecule has 0 unspecified atom stereocenters. The van der Waals surface area contributed by atoms with Crippen LogP contribution in [0.25, 0.3) is 0 Å². The van der Waals surface area contributed by atoms with Gasteiger partial charge in [0.2, 0.25) is 9.84 Å². The molecule has 5 nitrogen and oxygen atoms in total. The van der Waals surface area contributed by atoms with Gasteiger partial charge in [0, 0.05) is 0 Å². The Kier molecular flexibility index (Phi) is 4.44. The summed E-state index contributed by atoms with van der Waals surface area (Å²) in [5.74, 6) is -0.372. The van der Waals surface area contributed by atoms with Gasteiger partial charge in [0.15, 0.2) is 5.03 Å². The van der Waals surface area contributed by atoms with Gasteiger partial charge in [0.05, 0.1) is 4.90 Å². The zero-order chi connectivity index (χ0) is 18.1. The van der Waals surface area contributed by atoms with Crippen molar-refractivity contribution in [2.24, 2.45) is 0 Å². The molecule has 0 radical (unpaired) electrons. The minimum Gasteiger partial charge on any atom is -0.406 e. The van der Waals surface area contributed by atoms with Crippen LogP contribution < -0.4 is 10.2 Å². The highest BCUT2D eigenvalue weighted by molar-refractivity contribution is 7.95. The monoisotopic (exact) mass is 371 g/mol. The SMILES string of the molecule is O=S(=O)(C1=C[C@H](c2ccc(OC(F)(F)F)cc2)ON1)c1ccccc1. The molecule has 0 amide bonds. The second-order valence-corrected chi connectivity index (χ2v) is 7.02. The predicted molar refractivity (Wildman–Crippen MR) is 81.8 cm³/mol. The highest BCUT2D eigenvalue weighted by atomic mass is 32.2. The first-order valence-corrected chi connectivity index (χ1v) is 8.53. The Morgan fingerprint density at radius 2 is 1.64 bits per heavy atom. The van der Waals surface area contributed by atoms with E-state index in [1.165, 1.54) is 30.3 Å². The number of benzene rings is 2. The highest BCUT2D eigenvalue weighted by Gasteiger charge is 2.32. The molecular weight excluding hydrogens is 359 g/mol. The zero-order valence-corrected chi connectivity index (χ0v) is 13.3. The zero-order valence-electron chi connectivity index (χ0n) is 12.5. The van der Waals surface area contributed by atoms with Crippen molar-refractivity contribution in [3.63, 3.8) is 0 Å². The smallest absolute Gasteiger partial charge is 0.406 e. The quantitative estimate of drug-likeness (QED) is 0.892. The first-order valence-electron chi connectivity index (χ1n) is 7.05. The fourth-order valence-corrected chi connectivity index (χ4v) is 3.45. The van der Waals surface area contributed by atoms with Gasteiger partial charge < -0.3 is 4.74 Å². The Labute approximate surface area is 141 Å². The van der Waals surface area contributed by atoms with E-state index in [-0.39, 0.29) is 15.7 Å². The number of rotatable bonds is 4. The van der Waals surface area contributed by atoms with E-state index in [1.807, 2.05) is 0 Å². The first-order chi connectivity index (χ1) is 11.8. The van der Waals surface area contributed by atoms with Gasteiger partial charge in [-0.1, -0.05) is 30.3 Å². The topological polar surface area (TPSA) is 64.6 Å². The molecule has 0 fully saturated rings. The van der Waals surface area contributed by atoms with Crippen molar-refractivity contribution in [1.29, 1.82) is 0 Å². The summed E-state index contributed by atoms with van der Waals surface area (Å²) < 4.78 is 65.2. The standard InChI is InChI=1S/C16H12F3NO4S/c17-16(18,19)23-12-8-6-11(7-9-12)14-10-15(20-24-14)25(21,22)13-4-2-1-3-5-13/h1-10,14,20H/t14-/m1/s1. The van der Waals surface area contributed by atoms with Crippen molar-refractivity contribution in [3.8, 4) is 5.75 Å². The van der Waals surface area contributed by atoms with Crippen LogP contribution in [0.5, 0.6) is 5.75 Å². The second-order valence-electron chi connectivity index (χ2n) is 5.10. The van der Waals surface area contributed by atoms with Crippen molar-refractivity contribution in [2.75, 3.05) is 0 Å². The van der Waals surface area contributed by atoms with Gasteiger partial charge in [-0.25, -0.2) is 8.42 Å². The van der Waals surface area contributed by atoms with Crippen LogP contribution in [-0.2, 0) is 14.7 Å². The van der Waals surface area contributed by atoms with Gasteiger partial charge in [-0.2, -0.15) is 0 Å². The van der Waals surface area contributed by atoms with Crippen LogP contribution in [0.2, 0.25) is 0 Å². The van der Waals surface area contributed by atoms with Crippen molar-refractivity contribution in [3.05, 3.63) is 71.3 Å². The molecule has 3 rings (SSSR count). The van der Waals surface area contributed by atoms with Crippen LogP contribution >= 0.6 is 0 Å². The van der Waals surface area contributed by atoms with E-state index < -0.39 is 22.3 Å². The molecule has 132 valence electrons. The lowest BCUT2D eigenvalue weighted by Gasteiger charge is -2.11. The van der Waals surface area contributed by atoms with Crippen molar-refractivity contribution in [1.82, 2.24) is 5.48 Å². The fourth-order valence-electron chi connectivity index (χ4n) is 2.22. The molecule has 1 N–H and O–H groups in total. The van der Waals surface area contributed by atoms with Crippen LogP contribution in [-0.4, -0.2) is 14.8 Å². The summed E-state index contributed by atoms with van der Waals surface area (Å²) in [6.45, 7) is 0. The number of alkyl halides is 3. The number of nitrogens with one attached hydrogen (secondary N) is 1. The maximum absolute atomic E-state index is 12.5. The normalized spacial score (nSPS) is 17.7. The summed E-state index contributed by atoms with van der Waals surface area (Å²) in [4.78, 5) is 5.32. The average molecular weight is 371 g/mol. The van der Waals surface area contributed by atoms with Crippen LogP contribution in [0.4, 0.5) is 13.2 Å². The van der Waals surface area contributed by atoms with E-state index in [1.54, 1.807) is 18.2 Å². The van der Waals surface area contributed by atoms with Crippen molar-refractivity contribution in [2.45, 2.75) is 17.4 Å². The minimum atomic E-state index is -4.77. The van der Waals surface area contributed by atoms with Crippen LogP contribution in [0.1, 0.15) is 11.7 Å². The molecule has 2 aromatic carbocycles. The van der Waals surface area contributed by atoms with E-state index in [4.69, 9.17) is 4.84 Å². The fraction of sp³-hybridized carbons (Fsp3) is 0.125. The lowest BCUT2D eigenvalue weighted by atomic mass is 10.1. The Morgan fingerprint density at radius 1 is 1.00 bits per heavy atom. The van der Waals surface area contributed by atoms with Crippen molar-refractivity contribution < 1.29 is 31.2 Å². The number of sulfone groups is 1. The molecule has 25 heavy (non-hydrogen) atoms. The average Bonchev–Trinajstić information content (AvgIpc) is 3.06. The molecule has 0 aliphatic carbocycles. The highest BCUT2D eigenvalue weighted by Crippen LogP contribution is 2.31. The summed E-state index contributed by atoms with van der Waals surface area (Å²) in [6.07, 6.45) is -4.18. The molecule has 0 saturated carbocycles. The summed E-state index contributed by atoms with van der Waals surface area (Å²) in [5, 5.41) is -0.126. The van der Waals surface area contributed by atoms with Gasteiger partial charge in [0.1, 0.15) is 11.9 Å². The summed E-state index contributed by atoms with van der Waals surface area (Å²) >= 11 is 0. The van der Waals surface area contributed by atoms with Crippen LogP contribution in [0.3, 0.4) is 0 Å². The molecule has 2 aromatic rings. The van der Waals surface area contributed by atoms with E-state index in [2.05, 4.69) is 10.2 Å².